The van der Waals surface area contributed by atoms with Crippen molar-refractivity contribution in [2.24, 2.45) is 4.99 Å². The number of thiazole rings is 1. The topological polar surface area (TPSA) is 52.6 Å². The van der Waals surface area contributed by atoms with E-state index in [1.54, 1.807) is 0 Å². The predicted octanol–water partition coefficient (Wildman–Crippen LogP) is 3.89. The molecular formula is C19H24F3N5S. The first-order chi connectivity index (χ1) is 13.5. The molecule has 5 nitrogen and oxygen atoms in total. The molecule has 1 saturated heterocycles. The van der Waals surface area contributed by atoms with Gasteiger partial charge in [0.2, 0.25) is 0 Å². The van der Waals surface area contributed by atoms with Crippen LogP contribution in [0.15, 0.2) is 40.7 Å². The van der Waals surface area contributed by atoms with Gasteiger partial charge in [-0.05, 0) is 31.9 Å². The molecule has 3 rings (SSSR count). The van der Waals surface area contributed by atoms with E-state index in [2.05, 4.69) is 37.6 Å². The largest absolute Gasteiger partial charge is 0.434 e. The third-order valence-corrected chi connectivity index (χ3v) is 5.35. The van der Waals surface area contributed by atoms with Crippen LogP contribution in [0.4, 0.5) is 18.9 Å². The molecule has 2 N–H and O–H groups in total. The Bertz CT molecular complexity index is 767. The molecule has 2 aromatic rings. The Hall–Kier alpha value is -2.29. The zero-order valence-electron chi connectivity index (χ0n) is 15.7. The summed E-state index contributed by atoms with van der Waals surface area (Å²) in [7, 11) is 0. The van der Waals surface area contributed by atoms with Gasteiger partial charge in [0.05, 0.1) is 6.54 Å². The average Bonchev–Trinajstić information content (AvgIpc) is 3.17. The molecule has 1 fully saturated rings. The SMILES string of the molecule is CCNC(=NCc1nc(C(F)(F)F)cs1)NC1CCN(c2ccccc2)CC1. The van der Waals surface area contributed by atoms with Crippen molar-refractivity contribution in [1.29, 1.82) is 0 Å². The number of guanidine groups is 1. The van der Waals surface area contributed by atoms with E-state index < -0.39 is 11.9 Å². The maximum atomic E-state index is 12.7. The van der Waals surface area contributed by atoms with E-state index in [1.165, 1.54) is 5.69 Å². The lowest BCUT2D eigenvalue weighted by molar-refractivity contribution is -0.140. The molecule has 2 heterocycles. The zero-order chi connectivity index (χ0) is 20.0. The van der Waals surface area contributed by atoms with Crippen molar-refractivity contribution >= 4 is 23.0 Å². The summed E-state index contributed by atoms with van der Waals surface area (Å²) >= 11 is 0.980. The van der Waals surface area contributed by atoms with Crippen molar-refractivity contribution in [2.75, 3.05) is 24.5 Å². The van der Waals surface area contributed by atoms with Gasteiger partial charge in [-0.2, -0.15) is 13.2 Å². The number of hydrogen-bond acceptors (Lipinski definition) is 4. The molecule has 0 unspecified atom stereocenters. The molecule has 152 valence electrons. The van der Waals surface area contributed by atoms with Crippen molar-refractivity contribution in [3.8, 4) is 0 Å². The Labute approximate surface area is 166 Å². The first kappa shape index (κ1) is 20.4. The van der Waals surface area contributed by atoms with Gasteiger partial charge in [-0.3, -0.25) is 0 Å². The lowest BCUT2D eigenvalue weighted by Crippen LogP contribution is -2.48. The minimum absolute atomic E-state index is 0.124. The van der Waals surface area contributed by atoms with Crippen molar-refractivity contribution in [1.82, 2.24) is 15.6 Å². The van der Waals surface area contributed by atoms with Crippen LogP contribution in [0.1, 0.15) is 30.5 Å². The maximum Gasteiger partial charge on any atom is 0.434 e. The van der Waals surface area contributed by atoms with Gasteiger partial charge in [0, 0.05) is 36.7 Å². The highest BCUT2D eigenvalue weighted by Crippen LogP contribution is 2.30. The van der Waals surface area contributed by atoms with Gasteiger partial charge in [0.1, 0.15) is 5.01 Å². The van der Waals surface area contributed by atoms with Crippen LogP contribution in [-0.4, -0.2) is 36.6 Å². The minimum Gasteiger partial charge on any atom is -0.371 e. The molecule has 0 spiro atoms. The number of nitrogens with one attached hydrogen (secondary N) is 2. The Morgan fingerprint density at radius 1 is 1.25 bits per heavy atom. The summed E-state index contributed by atoms with van der Waals surface area (Å²) in [6, 6.07) is 10.6. The first-order valence-electron chi connectivity index (χ1n) is 9.32. The lowest BCUT2D eigenvalue weighted by atomic mass is 10.0. The van der Waals surface area contributed by atoms with Crippen LogP contribution in [0.2, 0.25) is 0 Å². The summed E-state index contributed by atoms with van der Waals surface area (Å²) in [5, 5.41) is 7.95. The average molecular weight is 411 g/mol. The van der Waals surface area contributed by atoms with Crippen LogP contribution in [-0.2, 0) is 12.7 Å². The summed E-state index contributed by atoms with van der Waals surface area (Å²) in [5.74, 6) is 0.615. The Balaban J connectivity index is 1.54. The quantitative estimate of drug-likeness (QED) is 0.579. The fourth-order valence-electron chi connectivity index (χ4n) is 3.09. The molecule has 0 radical (unpaired) electrons. The van der Waals surface area contributed by atoms with E-state index in [0.29, 0.717) is 17.5 Å². The van der Waals surface area contributed by atoms with E-state index in [9.17, 15) is 13.2 Å². The first-order valence-corrected chi connectivity index (χ1v) is 10.2. The number of alkyl halides is 3. The van der Waals surface area contributed by atoms with E-state index in [4.69, 9.17) is 0 Å². The van der Waals surface area contributed by atoms with Crippen LogP contribution in [0.25, 0.3) is 0 Å². The van der Waals surface area contributed by atoms with Crippen LogP contribution < -0.4 is 15.5 Å². The molecule has 0 amide bonds. The van der Waals surface area contributed by atoms with Crippen molar-refractivity contribution in [3.63, 3.8) is 0 Å². The third-order valence-electron chi connectivity index (χ3n) is 4.52. The molecular weight excluding hydrogens is 387 g/mol. The van der Waals surface area contributed by atoms with Crippen LogP contribution in [0, 0.1) is 0 Å². The number of rotatable bonds is 5. The molecule has 0 aliphatic carbocycles. The monoisotopic (exact) mass is 411 g/mol. The molecule has 1 aromatic heterocycles. The fourth-order valence-corrected chi connectivity index (χ4v) is 3.82. The summed E-state index contributed by atoms with van der Waals surface area (Å²) < 4.78 is 38.0. The summed E-state index contributed by atoms with van der Waals surface area (Å²) in [4.78, 5) is 10.4. The number of benzene rings is 1. The minimum atomic E-state index is -4.41. The van der Waals surface area contributed by atoms with Crippen molar-refractivity contribution in [3.05, 3.63) is 46.4 Å². The van der Waals surface area contributed by atoms with Crippen LogP contribution in [0.3, 0.4) is 0 Å². The predicted molar refractivity (Wildman–Crippen MR) is 107 cm³/mol. The molecule has 0 atom stereocenters. The maximum absolute atomic E-state index is 12.7. The molecule has 0 saturated carbocycles. The van der Waals surface area contributed by atoms with Gasteiger partial charge in [0.15, 0.2) is 11.7 Å². The Kier molecular flexibility index (Phi) is 6.77. The second kappa shape index (κ2) is 9.27. The van der Waals surface area contributed by atoms with E-state index in [-0.39, 0.29) is 12.6 Å². The van der Waals surface area contributed by atoms with Gasteiger partial charge in [0.25, 0.3) is 0 Å². The van der Waals surface area contributed by atoms with Gasteiger partial charge in [-0.1, -0.05) is 18.2 Å². The fraction of sp³-hybridized carbons (Fsp3) is 0.474. The molecule has 9 heteroatoms. The molecule has 0 bridgehead atoms. The van der Waals surface area contributed by atoms with Gasteiger partial charge in [-0.25, -0.2) is 9.98 Å². The number of hydrogen-bond donors (Lipinski definition) is 2. The van der Waals surface area contributed by atoms with Crippen LogP contribution >= 0.6 is 11.3 Å². The number of anilines is 1. The Morgan fingerprint density at radius 3 is 2.57 bits per heavy atom. The highest BCUT2D eigenvalue weighted by molar-refractivity contribution is 7.09. The van der Waals surface area contributed by atoms with Gasteiger partial charge < -0.3 is 15.5 Å². The molecule has 1 aliphatic heterocycles. The number of nitrogens with zero attached hydrogens (tertiary/aromatic N) is 3. The summed E-state index contributed by atoms with van der Waals surface area (Å²) in [5.41, 5.74) is 0.375. The molecule has 28 heavy (non-hydrogen) atoms. The van der Waals surface area contributed by atoms with E-state index in [1.807, 2.05) is 25.1 Å². The zero-order valence-corrected chi connectivity index (χ0v) is 16.5. The second-order valence-electron chi connectivity index (χ2n) is 6.56. The smallest absolute Gasteiger partial charge is 0.371 e. The number of aromatic nitrogens is 1. The van der Waals surface area contributed by atoms with Gasteiger partial charge in [-0.15, -0.1) is 11.3 Å². The summed E-state index contributed by atoms with van der Waals surface area (Å²) in [6.07, 6.45) is -2.47. The number of para-hydroxylation sites is 1. The Morgan fingerprint density at radius 2 is 1.96 bits per heavy atom. The number of piperidine rings is 1. The number of halogens is 3. The lowest BCUT2D eigenvalue weighted by Gasteiger charge is -2.34. The van der Waals surface area contributed by atoms with Crippen LogP contribution in [0.5, 0.6) is 0 Å². The highest BCUT2D eigenvalue weighted by atomic mass is 32.1. The highest BCUT2D eigenvalue weighted by Gasteiger charge is 2.33. The second-order valence-corrected chi connectivity index (χ2v) is 7.50. The van der Waals surface area contributed by atoms with Gasteiger partial charge >= 0.3 is 6.18 Å². The molecule has 1 aliphatic rings. The van der Waals surface area contributed by atoms with E-state index in [0.717, 1.165) is 42.6 Å². The summed E-state index contributed by atoms with van der Waals surface area (Å²) in [6.45, 7) is 4.66. The van der Waals surface area contributed by atoms with E-state index >= 15 is 0 Å². The number of aliphatic imine (C=N–C) groups is 1. The van der Waals surface area contributed by atoms with Crippen molar-refractivity contribution < 1.29 is 13.2 Å². The molecule has 1 aromatic carbocycles. The normalized spacial score (nSPS) is 16.3. The standard InChI is InChI=1S/C19H24F3N5S/c1-2-23-18(24-12-17-26-16(13-28-17)19(20,21)22)25-14-8-10-27(11-9-14)15-6-4-3-5-7-15/h3-7,13-14H,2,8-12H2,1H3,(H2,23,24,25). The third kappa shape index (κ3) is 5.60. The van der Waals surface area contributed by atoms with Crippen molar-refractivity contribution in [2.45, 2.75) is 38.5 Å².